The Hall–Kier alpha value is -2.48. The van der Waals surface area contributed by atoms with Crippen molar-refractivity contribution in [3.05, 3.63) is 45.6 Å². The highest BCUT2D eigenvalue weighted by atomic mass is 32.1. The van der Waals surface area contributed by atoms with E-state index in [2.05, 4.69) is 10.3 Å². The summed E-state index contributed by atoms with van der Waals surface area (Å²) in [5.41, 5.74) is 0.200. The zero-order valence-corrected chi connectivity index (χ0v) is 11.7. The number of hydrogen-bond donors (Lipinski definition) is 2. The fraction of sp³-hybridized carbons (Fsp3) is 0.167. The number of amides is 1. The number of anilines is 1. The SMILES string of the molecule is CC.O=C(Nc1ccncc1O)c1ccc([N+](=O)[O-])s1. The molecule has 0 aliphatic heterocycles. The molecule has 2 heterocycles. The van der Waals surface area contributed by atoms with Crippen molar-refractivity contribution >= 4 is 27.9 Å². The quantitative estimate of drug-likeness (QED) is 0.668. The van der Waals surface area contributed by atoms with Crippen molar-refractivity contribution < 1.29 is 14.8 Å². The van der Waals surface area contributed by atoms with Gasteiger partial charge in [-0.25, -0.2) is 0 Å². The number of aromatic hydroxyl groups is 1. The molecule has 2 rings (SSSR count). The van der Waals surface area contributed by atoms with Gasteiger partial charge < -0.3 is 10.4 Å². The molecule has 8 heteroatoms. The molecule has 0 aliphatic rings. The van der Waals surface area contributed by atoms with Gasteiger partial charge in [0.2, 0.25) is 0 Å². The van der Waals surface area contributed by atoms with Crippen LogP contribution in [0.2, 0.25) is 0 Å². The van der Waals surface area contributed by atoms with Crippen molar-refractivity contribution in [1.82, 2.24) is 4.98 Å². The summed E-state index contributed by atoms with van der Waals surface area (Å²) in [6.45, 7) is 4.00. The lowest BCUT2D eigenvalue weighted by molar-refractivity contribution is -0.380. The van der Waals surface area contributed by atoms with Crippen LogP contribution in [-0.4, -0.2) is 20.9 Å². The Kier molecular flexibility index (Phi) is 5.60. The molecule has 20 heavy (non-hydrogen) atoms. The monoisotopic (exact) mass is 295 g/mol. The number of hydrogen-bond acceptors (Lipinski definition) is 6. The van der Waals surface area contributed by atoms with Crippen LogP contribution in [0.25, 0.3) is 0 Å². The maximum atomic E-state index is 11.7. The second-order valence-electron chi connectivity index (χ2n) is 3.24. The molecule has 0 aliphatic carbocycles. The Morgan fingerprint density at radius 1 is 1.40 bits per heavy atom. The van der Waals surface area contributed by atoms with Crippen molar-refractivity contribution in [3.8, 4) is 5.75 Å². The summed E-state index contributed by atoms with van der Waals surface area (Å²) < 4.78 is 0. The van der Waals surface area contributed by atoms with Gasteiger partial charge in [-0.3, -0.25) is 19.9 Å². The predicted molar refractivity (Wildman–Crippen MR) is 76.2 cm³/mol. The van der Waals surface area contributed by atoms with Gasteiger partial charge in [-0.1, -0.05) is 25.2 Å². The molecule has 0 aromatic carbocycles. The van der Waals surface area contributed by atoms with Gasteiger partial charge in [-0.05, 0) is 12.1 Å². The van der Waals surface area contributed by atoms with Gasteiger partial charge in [0.1, 0.15) is 0 Å². The van der Waals surface area contributed by atoms with Crippen LogP contribution in [0.5, 0.6) is 5.75 Å². The lowest BCUT2D eigenvalue weighted by Crippen LogP contribution is -2.10. The first-order valence-corrected chi connectivity index (χ1v) is 6.58. The molecule has 0 unspecified atom stereocenters. The fourth-order valence-electron chi connectivity index (χ4n) is 1.22. The minimum Gasteiger partial charge on any atom is -0.504 e. The highest BCUT2D eigenvalue weighted by molar-refractivity contribution is 7.17. The van der Waals surface area contributed by atoms with Crippen LogP contribution < -0.4 is 5.32 Å². The standard InChI is InChI=1S/C10H7N3O4S.C2H6/c14-7-5-11-4-3-6(7)12-10(15)8-1-2-9(18-8)13(16)17;1-2/h1-5,14H,(H,11,12,15);1-2H3. The molecule has 0 fully saturated rings. The van der Waals surface area contributed by atoms with Crippen molar-refractivity contribution in [2.75, 3.05) is 5.32 Å². The minimum atomic E-state index is -0.564. The Labute approximate surface area is 119 Å². The summed E-state index contributed by atoms with van der Waals surface area (Å²) in [6.07, 6.45) is 2.60. The first kappa shape index (κ1) is 15.6. The first-order chi connectivity index (χ1) is 9.58. The summed E-state index contributed by atoms with van der Waals surface area (Å²) in [6, 6.07) is 4.04. The maximum absolute atomic E-state index is 11.7. The maximum Gasteiger partial charge on any atom is 0.324 e. The van der Waals surface area contributed by atoms with Crippen LogP contribution in [0.1, 0.15) is 23.5 Å². The predicted octanol–water partition coefficient (Wildman–Crippen LogP) is 3.04. The smallest absolute Gasteiger partial charge is 0.324 e. The van der Waals surface area contributed by atoms with Gasteiger partial charge >= 0.3 is 5.00 Å². The molecule has 0 saturated heterocycles. The van der Waals surface area contributed by atoms with E-state index in [1.807, 2.05) is 13.8 Å². The summed E-state index contributed by atoms with van der Waals surface area (Å²) >= 11 is 0.766. The lowest BCUT2D eigenvalue weighted by atomic mass is 10.3. The van der Waals surface area contributed by atoms with Crippen LogP contribution in [0.15, 0.2) is 30.6 Å². The molecule has 0 bridgehead atoms. The second kappa shape index (κ2) is 7.19. The van der Waals surface area contributed by atoms with Gasteiger partial charge in [0.05, 0.1) is 21.7 Å². The minimum absolute atomic E-state index is 0.112. The molecule has 7 nitrogen and oxygen atoms in total. The van der Waals surface area contributed by atoms with Crippen LogP contribution in [-0.2, 0) is 0 Å². The zero-order chi connectivity index (χ0) is 15.1. The number of nitrogens with zero attached hydrogens (tertiary/aromatic N) is 2. The van der Waals surface area contributed by atoms with Crippen LogP contribution in [0, 0.1) is 10.1 Å². The average molecular weight is 295 g/mol. The molecule has 2 aromatic rings. The number of carbonyl (C=O) groups excluding carboxylic acids is 1. The van der Waals surface area contributed by atoms with Crippen molar-refractivity contribution in [2.24, 2.45) is 0 Å². The van der Waals surface area contributed by atoms with Gasteiger partial charge in [0, 0.05) is 12.3 Å². The van der Waals surface area contributed by atoms with E-state index in [1.165, 1.54) is 30.6 Å². The number of carbonyl (C=O) groups is 1. The highest BCUT2D eigenvalue weighted by Crippen LogP contribution is 2.26. The van der Waals surface area contributed by atoms with Gasteiger partial charge in [0.15, 0.2) is 5.75 Å². The number of nitro groups is 1. The van der Waals surface area contributed by atoms with Crippen molar-refractivity contribution in [3.63, 3.8) is 0 Å². The van der Waals surface area contributed by atoms with Crippen molar-refractivity contribution in [2.45, 2.75) is 13.8 Å². The molecule has 1 amide bonds. The van der Waals surface area contributed by atoms with Crippen LogP contribution >= 0.6 is 11.3 Å². The van der Waals surface area contributed by atoms with Crippen molar-refractivity contribution in [1.29, 1.82) is 0 Å². The van der Waals surface area contributed by atoms with E-state index in [-0.39, 0.29) is 21.3 Å². The van der Waals surface area contributed by atoms with E-state index in [1.54, 1.807) is 0 Å². The highest BCUT2D eigenvalue weighted by Gasteiger charge is 2.16. The molecule has 106 valence electrons. The number of pyridine rings is 1. The molecule has 0 saturated carbocycles. The summed E-state index contributed by atoms with van der Waals surface area (Å²) in [5, 5.41) is 22.2. The molecular weight excluding hydrogens is 282 g/mol. The molecule has 0 atom stereocenters. The number of aromatic nitrogens is 1. The van der Waals surface area contributed by atoms with E-state index in [0.29, 0.717) is 0 Å². The average Bonchev–Trinajstić information content (AvgIpc) is 2.93. The molecular formula is C12H13N3O4S. The van der Waals surface area contributed by atoms with Crippen LogP contribution in [0.3, 0.4) is 0 Å². The fourth-order valence-corrected chi connectivity index (χ4v) is 1.94. The van der Waals surface area contributed by atoms with Gasteiger partial charge in [0.25, 0.3) is 5.91 Å². The third-order valence-electron chi connectivity index (χ3n) is 2.04. The Balaban J connectivity index is 0.000000956. The number of rotatable bonds is 3. The third-order valence-corrected chi connectivity index (χ3v) is 3.08. The largest absolute Gasteiger partial charge is 0.504 e. The normalized spacial score (nSPS) is 9.30. The van der Waals surface area contributed by atoms with E-state index in [0.717, 1.165) is 11.3 Å². The molecule has 2 N–H and O–H groups in total. The molecule has 2 aromatic heterocycles. The summed E-state index contributed by atoms with van der Waals surface area (Å²) in [7, 11) is 0. The number of thiophene rings is 1. The topological polar surface area (TPSA) is 105 Å². The molecule has 0 spiro atoms. The Bertz CT molecular complexity index is 612. The lowest BCUT2D eigenvalue weighted by Gasteiger charge is -2.04. The van der Waals surface area contributed by atoms with E-state index < -0.39 is 10.8 Å². The van der Waals surface area contributed by atoms with Gasteiger partial charge in [-0.2, -0.15) is 0 Å². The first-order valence-electron chi connectivity index (χ1n) is 5.76. The molecule has 0 radical (unpaired) electrons. The third kappa shape index (κ3) is 3.75. The Morgan fingerprint density at radius 2 is 2.10 bits per heavy atom. The summed E-state index contributed by atoms with van der Waals surface area (Å²) in [5.74, 6) is -0.688. The van der Waals surface area contributed by atoms with Crippen LogP contribution in [0.4, 0.5) is 10.7 Å². The number of nitrogens with one attached hydrogen (secondary N) is 1. The van der Waals surface area contributed by atoms with Gasteiger partial charge in [-0.15, -0.1) is 0 Å². The van der Waals surface area contributed by atoms with E-state index in [9.17, 15) is 20.0 Å². The second-order valence-corrected chi connectivity index (χ2v) is 4.30. The van der Waals surface area contributed by atoms with E-state index >= 15 is 0 Å². The van der Waals surface area contributed by atoms with E-state index in [4.69, 9.17) is 0 Å². The Morgan fingerprint density at radius 3 is 2.65 bits per heavy atom. The summed E-state index contributed by atoms with van der Waals surface area (Å²) in [4.78, 5) is 25.5. The zero-order valence-electron chi connectivity index (χ0n) is 10.9.